The Balaban J connectivity index is 1.29. The molecule has 6 aromatic carbocycles. The van der Waals surface area contributed by atoms with Gasteiger partial charge in [0, 0.05) is 10.9 Å². The maximum absolute atomic E-state index is 7.09. The largest absolute Gasteiger partial charge is 0.497 e. The van der Waals surface area contributed by atoms with Gasteiger partial charge in [-0.25, -0.2) is 0 Å². The molecule has 0 saturated carbocycles. The molecule has 0 unspecified atom stereocenters. The van der Waals surface area contributed by atoms with Gasteiger partial charge in [-0.1, -0.05) is 84.4 Å². The number of halogens is 1. The van der Waals surface area contributed by atoms with E-state index in [0.717, 1.165) is 73.3 Å². The smallest absolute Gasteiger partial charge is 0.119 e. The maximum Gasteiger partial charge on any atom is 0.119 e. The van der Waals surface area contributed by atoms with Gasteiger partial charge in [-0.2, -0.15) is 0 Å². The summed E-state index contributed by atoms with van der Waals surface area (Å²) < 4.78 is 55.2. The highest BCUT2D eigenvalue weighted by Gasteiger charge is 2.43. The first-order chi connectivity index (χ1) is 31.4. The molecule has 0 saturated heterocycles. The molecule has 7 rings (SSSR count). The first-order valence-corrected chi connectivity index (χ1v) is 21.9. The van der Waals surface area contributed by atoms with Gasteiger partial charge in [0.2, 0.25) is 0 Å². The predicted molar refractivity (Wildman–Crippen MR) is 251 cm³/mol. The third-order valence-electron chi connectivity index (χ3n) is 11.3. The summed E-state index contributed by atoms with van der Waals surface area (Å²) in [5, 5.41) is 0.678. The third kappa shape index (κ3) is 12.5. The number of hydrogen-bond acceptors (Lipinski definition) is 9. The van der Waals surface area contributed by atoms with E-state index >= 15 is 0 Å². The van der Waals surface area contributed by atoms with E-state index in [1.807, 2.05) is 122 Å². The van der Waals surface area contributed by atoms with E-state index in [-0.39, 0.29) is 5.92 Å². The van der Waals surface area contributed by atoms with Crippen molar-refractivity contribution < 1.29 is 42.6 Å². The Morgan fingerprint density at radius 2 is 0.906 bits per heavy atom. The minimum atomic E-state index is -0.585. The van der Waals surface area contributed by atoms with Crippen LogP contribution in [0.3, 0.4) is 0 Å². The first-order valence-electron chi connectivity index (χ1n) is 21.5. The van der Waals surface area contributed by atoms with Gasteiger partial charge in [0.25, 0.3) is 0 Å². The molecule has 1 aliphatic rings. The zero-order chi connectivity index (χ0) is 44.7. The molecule has 0 aliphatic heterocycles. The predicted octanol–water partition coefficient (Wildman–Crippen LogP) is 11.4. The monoisotopic (exact) mass is 884 g/mol. The molecule has 6 aromatic rings. The Labute approximate surface area is 382 Å². The summed E-state index contributed by atoms with van der Waals surface area (Å²) in [6, 6.07) is 46.0. The molecule has 1 aliphatic carbocycles. The minimum Gasteiger partial charge on any atom is -0.497 e. The fourth-order valence-electron chi connectivity index (χ4n) is 7.75. The second kappa shape index (κ2) is 23.2. The van der Waals surface area contributed by atoms with Crippen LogP contribution in [-0.4, -0.2) is 60.0 Å². The molecule has 0 N–H and O–H groups in total. The number of methoxy groups -OCH3 is 4. The summed E-state index contributed by atoms with van der Waals surface area (Å²) >= 11 is 6.98. The van der Waals surface area contributed by atoms with Gasteiger partial charge < -0.3 is 42.6 Å². The zero-order valence-corrected chi connectivity index (χ0v) is 37.9. The maximum atomic E-state index is 7.09. The van der Waals surface area contributed by atoms with Crippen LogP contribution >= 0.6 is 11.6 Å². The molecule has 64 heavy (non-hydrogen) atoms. The second-order valence-electron chi connectivity index (χ2n) is 15.5. The summed E-state index contributed by atoms with van der Waals surface area (Å²) in [6.07, 6.45) is 1.24. The van der Waals surface area contributed by atoms with Crippen LogP contribution in [0.25, 0.3) is 5.57 Å². The average molecular weight is 885 g/mol. The molecule has 9 nitrogen and oxygen atoms in total. The number of ether oxygens (including phenoxy) is 9. The molecule has 4 atom stereocenters. The van der Waals surface area contributed by atoms with Crippen LogP contribution < -0.4 is 23.7 Å². The van der Waals surface area contributed by atoms with E-state index in [4.69, 9.17) is 54.2 Å². The molecule has 0 fully saturated rings. The van der Waals surface area contributed by atoms with Crippen LogP contribution in [-0.2, 0) is 51.8 Å². The van der Waals surface area contributed by atoms with Crippen LogP contribution in [0.2, 0.25) is 5.02 Å². The van der Waals surface area contributed by atoms with Crippen molar-refractivity contribution in [1.82, 2.24) is 0 Å². The van der Waals surface area contributed by atoms with E-state index in [1.165, 1.54) is 0 Å². The Kier molecular flexibility index (Phi) is 16.8. The van der Waals surface area contributed by atoms with Crippen LogP contribution in [0.4, 0.5) is 0 Å². The van der Waals surface area contributed by atoms with Crippen molar-refractivity contribution in [1.29, 1.82) is 0 Å². The highest BCUT2D eigenvalue weighted by molar-refractivity contribution is 6.31. The van der Waals surface area contributed by atoms with E-state index in [2.05, 4.69) is 30.3 Å². The van der Waals surface area contributed by atoms with Crippen molar-refractivity contribution in [2.45, 2.75) is 58.1 Å². The lowest BCUT2D eigenvalue weighted by Crippen LogP contribution is -2.50. The lowest BCUT2D eigenvalue weighted by Gasteiger charge is -2.42. The fraction of sp³-hybridized carbons (Fsp3) is 0.296. The summed E-state index contributed by atoms with van der Waals surface area (Å²) in [5.74, 6) is 3.69. The van der Waals surface area contributed by atoms with Crippen molar-refractivity contribution in [2.24, 2.45) is 5.92 Å². The standard InChI is InChI=1S/C54H57ClO9/c1-6-61-49-26-7-37(8-27-49)29-43-30-42(17-28-51(43)55)50-31-44(36-60-32-38-9-18-45(56-2)19-10-38)52(62-33-39-11-20-46(57-3)21-12-39)54(64-35-41-15-24-48(59-5)25-16-41)53(50)63-34-40-13-22-47(58-4)23-14-40/h7-28,30-31,44,52-54H,6,29,32-36H2,1-5H3/t44-,52-,53-,54+/m1/s1. The molecule has 334 valence electrons. The molecule has 0 amide bonds. The first kappa shape index (κ1) is 46.2. The van der Waals surface area contributed by atoms with Gasteiger partial charge >= 0.3 is 0 Å². The normalized spacial score (nSPS) is 17.1. The van der Waals surface area contributed by atoms with Gasteiger partial charge in [0.15, 0.2) is 0 Å². The molecule has 10 heteroatoms. The minimum absolute atomic E-state index is 0.251. The van der Waals surface area contributed by atoms with E-state index in [0.29, 0.717) is 51.1 Å². The van der Waals surface area contributed by atoms with E-state index in [9.17, 15) is 0 Å². The number of hydrogen-bond donors (Lipinski definition) is 0. The molecular weight excluding hydrogens is 828 g/mol. The summed E-state index contributed by atoms with van der Waals surface area (Å²) in [4.78, 5) is 0. The third-order valence-corrected chi connectivity index (χ3v) is 11.7. The van der Waals surface area contributed by atoms with Gasteiger partial charge in [0.05, 0.1) is 74.2 Å². The Bertz CT molecular complexity index is 2360. The lowest BCUT2D eigenvalue weighted by molar-refractivity contribution is -0.158. The topological polar surface area (TPSA) is 83.1 Å². The number of rotatable bonds is 22. The van der Waals surface area contributed by atoms with Crippen molar-refractivity contribution in [3.05, 3.63) is 190 Å². The molecule has 0 spiro atoms. The number of benzene rings is 6. The van der Waals surface area contributed by atoms with Crippen molar-refractivity contribution in [3.8, 4) is 28.7 Å². The van der Waals surface area contributed by atoms with Crippen LogP contribution in [0.5, 0.6) is 28.7 Å². The van der Waals surface area contributed by atoms with Gasteiger partial charge in [-0.05, 0) is 131 Å². The molecule has 0 aromatic heterocycles. The van der Waals surface area contributed by atoms with Gasteiger partial charge in [-0.3, -0.25) is 0 Å². The molecule has 0 bridgehead atoms. The highest BCUT2D eigenvalue weighted by atomic mass is 35.5. The zero-order valence-electron chi connectivity index (χ0n) is 37.2. The molecular formula is C54H57ClO9. The summed E-state index contributed by atoms with van der Waals surface area (Å²) in [7, 11) is 6.65. The Hall–Kier alpha value is -5.81. The van der Waals surface area contributed by atoms with E-state index < -0.39 is 18.3 Å². The highest BCUT2D eigenvalue weighted by Crippen LogP contribution is 2.39. The Morgan fingerprint density at radius 3 is 1.39 bits per heavy atom. The molecule has 0 heterocycles. The van der Waals surface area contributed by atoms with Crippen LogP contribution in [0.1, 0.15) is 45.9 Å². The van der Waals surface area contributed by atoms with Gasteiger partial charge in [0.1, 0.15) is 41.0 Å². The summed E-state index contributed by atoms with van der Waals surface area (Å²) in [6.45, 7) is 4.28. The van der Waals surface area contributed by atoms with Crippen molar-refractivity contribution in [3.63, 3.8) is 0 Å². The van der Waals surface area contributed by atoms with Gasteiger partial charge in [-0.15, -0.1) is 0 Å². The van der Waals surface area contributed by atoms with Crippen molar-refractivity contribution >= 4 is 17.2 Å². The fourth-order valence-corrected chi connectivity index (χ4v) is 7.94. The lowest BCUT2D eigenvalue weighted by atomic mass is 9.80. The second-order valence-corrected chi connectivity index (χ2v) is 15.9. The summed E-state index contributed by atoms with van der Waals surface area (Å²) in [5.41, 5.74) is 8.02. The SMILES string of the molecule is CCOc1ccc(Cc2cc(C3=C[C@H](COCc4ccc(OC)cc4)[C@@H](OCc4ccc(OC)cc4)[C@H](OCc4ccc(OC)cc4)[C@@H]3OCc3ccc(OC)cc3)ccc2Cl)cc1. The quantitative estimate of drug-likeness (QED) is 0.0662. The average Bonchev–Trinajstić information content (AvgIpc) is 3.34. The Morgan fingerprint density at radius 1 is 0.469 bits per heavy atom. The van der Waals surface area contributed by atoms with Crippen LogP contribution in [0, 0.1) is 5.92 Å². The van der Waals surface area contributed by atoms with Crippen molar-refractivity contribution in [2.75, 3.05) is 41.7 Å². The molecule has 0 radical (unpaired) electrons. The van der Waals surface area contributed by atoms with E-state index in [1.54, 1.807) is 28.4 Å². The van der Waals surface area contributed by atoms with Crippen LogP contribution in [0.15, 0.2) is 146 Å².